The van der Waals surface area contributed by atoms with Gasteiger partial charge in [0.15, 0.2) is 5.96 Å². The average molecular weight is 359 g/mol. The van der Waals surface area contributed by atoms with Gasteiger partial charge in [0, 0.05) is 31.9 Å². The van der Waals surface area contributed by atoms with Crippen LogP contribution in [0.1, 0.15) is 36.7 Å². The molecule has 6 heteroatoms. The van der Waals surface area contributed by atoms with E-state index in [1.54, 1.807) is 12.1 Å². The third kappa shape index (κ3) is 6.86. The van der Waals surface area contributed by atoms with E-state index in [0.29, 0.717) is 0 Å². The van der Waals surface area contributed by atoms with Crippen LogP contribution in [-0.4, -0.2) is 35.4 Å². The lowest BCUT2D eigenvalue weighted by Gasteiger charge is -2.11. The van der Waals surface area contributed by atoms with Crippen LogP contribution in [0.5, 0.6) is 0 Å². The summed E-state index contributed by atoms with van der Waals surface area (Å²) in [6.45, 7) is 9.40. The summed E-state index contributed by atoms with van der Waals surface area (Å²) < 4.78 is 15.2. The lowest BCUT2D eigenvalue weighted by Crippen LogP contribution is -2.38. The molecule has 0 aliphatic rings. The van der Waals surface area contributed by atoms with Crippen molar-refractivity contribution in [1.82, 2.24) is 20.4 Å². The summed E-state index contributed by atoms with van der Waals surface area (Å²) in [4.78, 5) is 4.62. The van der Waals surface area contributed by atoms with Crippen LogP contribution < -0.4 is 10.6 Å². The third-order valence-corrected chi connectivity index (χ3v) is 4.07. The summed E-state index contributed by atoms with van der Waals surface area (Å²) in [5, 5.41) is 11.1. The van der Waals surface area contributed by atoms with Crippen LogP contribution in [0.3, 0.4) is 0 Å². The number of benzene rings is 1. The number of aryl methyl sites for hydroxylation is 4. The maximum atomic E-state index is 13.2. The van der Waals surface area contributed by atoms with Gasteiger partial charge in [-0.1, -0.05) is 12.1 Å². The summed E-state index contributed by atoms with van der Waals surface area (Å²) >= 11 is 0. The fraction of sp³-hybridized carbons (Fsp3) is 0.500. The van der Waals surface area contributed by atoms with Gasteiger partial charge >= 0.3 is 0 Å². The van der Waals surface area contributed by atoms with Crippen molar-refractivity contribution in [2.45, 2.75) is 46.6 Å². The van der Waals surface area contributed by atoms with E-state index in [0.717, 1.165) is 62.7 Å². The lowest BCUT2D eigenvalue weighted by molar-refractivity contribution is 0.567. The summed E-state index contributed by atoms with van der Waals surface area (Å²) in [7, 11) is 0. The maximum Gasteiger partial charge on any atom is 0.191 e. The Labute approximate surface area is 155 Å². The molecule has 2 rings (SSSR count). The van der Waals surface area contributed by atoms with Gasteiger partial charge in [0.25, 0.3) is 0 Å². The number of hydrogen-bond donors (Lipinski definition) is 2. The van der Waals surface area contributed by atoms with Gasteiger partial charge in [-0.15, -0.1) is 0 Å². The van der Waals surface area contributed by atoms with E-state index < -0.39 is 0 Å². The molecule has 1 aromatic heterocycles. The molecular weight excluding hydrogens is 329 g/mol. The summed E-state index contributed by atoms with van der Waals surface area (Å²) in [5.41, 5.74) is 3.27. The number of halogens is 1. The van der Waals surface area contributed by atoms with Crippen LogP contribution in [0.2, 0.25) is 0 Å². The number of hydrogen-bond acceptors (Lipinski definition) is 2. The molecule has 1 aromatic carbocycles. The van der Waals surface area contributed by atoms with Crippen molar-refractivity contribution in [2.75, 3.05) is 19.6 Å². The molecule has 0 saturated heterocycles. The van der Waals surface area contributed by atoms with Crippen LogP contribution in [0.25, 0.3) is 0 Å². The summed E-state index contributed by atoms with van der Waals surface area (Å²) in [6.07, 6.45) is 2.73. The highest BCUT2D eigenvalue weighted by atomic mass is 19.1. The Morgan fingerprint density at radius 1 is 1.19 bits per heavy atom. The highest BCUT2D eigenvalue weighted by Gasteiger charge is 2.01. The number of aromatic nitrogens is 2. The van der Waals surface area contributed by atoms with Crippen molar-refractivity contribution in [1.29, 1.82) is 0 Å². The van der Waals surface area contributed by atoms with Gasteiger partial charge in [-0.25, -0.2) is 4.39 Å². The molecule has 0 fully saturated rings. The van der Waals surface area contributed by atoms with E-state index in [-0.39, 0.29) is 5.82 Å². The van der Waals surface area contributed by atoms with Crippen LogP contribution in [-0.2, 0) is 13.0 Å². The molecule has 2 N–H and O–H groups in total. The van der Waals surface area contributed by atoms with Crippen molar-refractivity contribution in [3.8, 4) is 0 Å². The van der Waals surface area contributed by atoms with Crippen molar-refractivity contribution in [2.24, 2.45) is 4.99 Å². The van der Waals surface area contributed by atoms with Crippen molar-refractivity contribution in [3.05, 3.63) is 53.1 Å². The minimum atomic E-state index is -0.173. The first-order valence-electron chi connectivity index (χ1n) is 9.36. The molecule has 0 aliphatic heterocycles. The second-order valence-corrected chi connectivity index (χ2v) is 6.42. The number of nitrogens with zero attached hydrogens (tertiary/aromatic N) is 3. The Morgan fingerprint density at radius 2 is 2.04 bits per heavy atom. The Hall–Kier alpha value is -2.37. The Morgan fingerprint density at radius 3 is 2.73 bits per heavy atom. The second-order valence-electron chi connectivity index (χ2n) is 6.42. The molecule has 26 heavy (non-hydrogen) atoms. The molecule has 5 nitrogen and oxygen atoms in total. The van der Waals surface area contributed by atoms with Crippen molar-refractivity contribution in [3.63, 3.8) is 0 Å². The van der Waals surface area contributed by atoms with Crippen LogP contribution >= 0.6 is 0 Å². The number of aliphatic imine (C=N–C) groups is 1. The highest BCUT2D eigenvalue weighted by molar-refractivity contribution is 5.79. The molecule has 2 aromatic rings. The second kappa shape index (κ2) is 10.6. The predicted octanol–water partition coefficient (Wildman–Crippen LogP) is 3.22. The van der Waals surface area contributed by atoms with E-state index in [1.807, 2.05) is 17.7 Å². The SMILES string of the molecule is CCNC(=NCCCn1nc(C)cc1C)NCCCc1cccc(F)c1. The average Bonchev–Trinajstić information content (AvgIpc) is 2.93. The molecule has 0 unspecified atom stereocenters. The molecular formula is C20H30FN5. The van der Waals surface area contributed by atoms with Crippen molar-refractivity contribution >= 4 is 5.96 Å². The number of rotatable bonds is 9. The van der Waals surface area contributed by atoms with E-state index >= 15 is 0 Å². The van der Waals surface area contributed by atoms with Crippen molar-refractivity contribution < 1.29 is 4.39 Å². The van der Waals surface area contributed by atoms with E-state index in [1.165, 1.54) is 11.8 Å². The minimum absolute atomic E-state index is 0.173. The molecule has 0 aliphatic carbocycles. The molecule has 142 valence electrons. The zero-order valence-electron chi connectivity index (χ0n) is 16.1. The molecule has 0 atom stereocenters. The normalized spacial score (nSPS) is 11.6. The first-order chi connectivity index (χ1) is 12.6. The van der Waals surface area contributed by atoms with Gasteiger partial charge in [-0.2, -0.15) is 5.10 Å². The first kappa shape index (κ1) is 19.9. The highest BCUT2D eigenvalue weighted by Crippen LogP contribution is 2.05. The van der Waals surface area contributed by atoms with Gasteiger partial charge in [-0.05, 0) is 63.8 Å². The van der Waals surface area contributed by atoms with E-state index in [9.17, 15) is 4.39 Å². The molecule has 0 spiro atoms. The Balaban J connectivity index is 1.71. The van der Waals surface area contributed by atoms with Gasteiger partial charge in [0.2, 0.25) is 0 Å². The largest absolute Gasteiger partial charge is 0.357 e. The van der Waals surface area contributed by atoms with Crippen LogP contribution in [0, 0.1) is 19.7 Å². The Kier molecular flexibility index (Phi) is 8.12. The number of guanidine groups is 1. The van der Waals surface area contributed by atoms with E-state index in [2.05, 4.69) is 40.6 Å². The predicted molar refractivity (Wildman–Crippen MR) is 105 cm³/mol. The summed E-state index contributed by atoms with van der Waals surface area (Å²) in [5.74, 6) is 0.660. The third-order valence-electron chi connectivity index (χ3n) is 4.07. The smallest absolute Gasteiger partial charge is 0.191 e. The zero-order chi connectivity index (χ0) is 18.8. The van der Waals surface area contributed by atoms with Crippen LogP contribution in [0.4, 0.5) is 4.39 Å². The fourth-order valence-corrected chi connectivity index (χ4v) is 2.85. The minimum Gasteiger partial charge on any atom is -0.357 e. The lowest BCUT2D eigenvalue weighted by atomic mass is 10.1. The molecule has 0 bridgehead atoms. The topological polar surface area (TPSA) is 54.2 Å². The monoisotopic (exact) mass is 359 g/mol. The zero-order valence-corrected chi connectivity index (χ0v) is 16.1. The number of nitrogens with one attached hydrogen (secondary N) is 2. The van der Waals surface area contributed by atoms with Gasteiger partial charge in [0.05, 0.1) is 5.69 Å². The Bertz CT molecular complexity index is 708. The maximum absolute atomic E-state index is 13.2. The van der Waals surface area contributed by atoms with E-state index in [4.69, 9.17) is 0 Å². The van der Waals surface area contributed by atoms with Gasteiger partial charge in [-0.3, -0.25) is 9.67 Å². The summed E-state index contributed by atoms with van der Waals surface area (Å²) in [6, 6.07) is 8.88. The first-order valence-corrected chi connectivity index (χ1v) is 9.36. The standard InChI is InChI=1S/C20H30FN5/c1-4-22-20(23-11-6-9-18-8-5-10-19(21)15-18)24-12-7-13-26-17(3)14-16(2)25-26/h5,8,10,14-15H,4,6-7,9,11-13H2,1-3H3,(H2,22,23,24). The van der Waals surface area contributed by atoms with Crippen LogP contribution in [0.15, 0.2) is 35.3 Å². The molecule has 0 amide bonds. The molecule has 1 heterocycles. The quantitative estimate of drug-likeness (QED) is 0.411. The fourth-order valence-electron chi connectivity index (χ4n) is 2.85. The van der Waals surface area contributed by atoms with Gasteiger partial charge < -0.3 is 10.6 Å². The molecule has 0 radical (unpaired) electrons. The molecule has 0 saturated carbocycles. The van der Waals surface area contributed by atoms with Gasteiger partial charge in [0.1, 0.15) is 5.82 Å².